The quantitative estimate of drug-likeness (QED) is 0.661. The van der Waals surface area contributed by atoms with E-state index in [1.165, 1.54) is 13.2 Å². The van der Waals surface area contributed by atoms with Gasteiger partial charge >= 0.3 is 12.1 Å². The molecule has 0 spiro atoms. The predicted octanol–water partition coefficient (Wildman–Crippen LogP) is 0.604. The van der Waals surface area contributed by atoms with Crippen molar-refractivity contribution < 1.29 is 19.1 Å². The molecule has 0 aliphatic carbocycles. The first kappa shape index (κ1) is 10.6. The molecule has 14 heavy (non-hydrogen) atoms. The number of hydrogen-bond donors (Lipinski definition) is 1. The van der Waals surface area contributed by atoms with Gasteiger partial charge in [-0.25, -0.2) is 9.59 Å². The topological polar surface area (TPSA) is 64.6 Å². The van der Waals surface area contributed by atoms with Crippen molar-refractivity contribution in [2.75, 3.05) is 13.7 Å². The van der Waals surface area contributed by atoms with Crippen molar-refractivity contribution in [3.8, 4) is 0 Å². The molecular weight excluding hydrogens is 186 g/mol. The molecule has 1 amide bonds. The summed E-state index contributed by atoms with van der Waals surface area (Å²) in [6, 6.07) is 0. The van der Waals surface area contributed by atoms with Crippen LogP contribution in [0.1, 0.15) is 13.3 Å². The third-order valence-corrected chi connectivity index (χ3v) is 1.86. The van der Waals surface area contributed by atoms with E-state index >= 15 is 0 Å². The Kier molecular flexibility index (Phi) is 3.50. The molecule has 0 radical (unpaired) electrons. The van der Waals surface area contributed by atoms with Gasteiger partial charge in [0.25, 0.3) is 0 Å². The summed E-state index contributed by atoms with van der Waals surface area (Å²) in [4.78, 5) is 21.7. The van der Waals surface area contributed by atoms with Crippen LogP contribution in [0.5, 0.6) is 0 Å². The summed E-state index contributed by atoms with van der Waals surface area (Å²) in [7, 11) is 1.29. The zero-order valence-electron chi connectivity index (χ0n) is 8.20. The highest BCUT2D eigenvalue weighted by Gasteiger charge is 2.19. The Morgan fingerprint density at radius 2 is 2.50 bits per heavy atom. The third-order valence-electron chi connectivity index (χ3n) is 1.86. The van der Waals surface area contributed by atoms with Gasteiger partial charge in [-0.3, -0.25) is 0 Å². The standard InChI is InChI=1S/C9H13NO4/c1-6-3-7(14-8(11)4-6)5-10-9(12)13-2/h4,7H,3,5H2,1-2H3,(H,10,12)/t7-/m1/s1. The second-order valence-corrected chi connectivity index (χ2v) is 3.13. The molecule has 0 saturated heterocycles. The van der Waals surface area contributed by atoms with Gasteiger partial charge < -0.3 is 14.8 Å². The molecule has 0 aromatic carbocycles. The molecular formula is C9H13NO4. The van der Waals surface area contributed by atoms with Crippen molar-refractivity contribution in [2.45, 2.75) is 19.4 Å². The van der Waals surface area contributed by atoms with E-state index < -0.39 is 6.09 Å². The molecule has 0 aromatic rings. The fourth-order valence-corrected chi connectivity index (χ4v) is 1.24. The Labute approximate surface area is 82.1 Å². The van der Waals surface area contributed by atoms with Crippen LogP contribution in [0.25, 0.3) is 0 Å². The van der Waals surface area contributed by atoms with Crippen molar-refractivity contribution in [3.05, 3.63) is 11.6 Å². The Morgan fingerprint density at radius 1 is 1.79 bits per heavy atom. The van der Waals surface area contributed by atoms with Crippen molar-refractivity contribution in [1.82, 2.24) is 5.32 Å². The molecule has 0 saturated carbocycles. The lowest BCUT2D eigenvalue weighted by Crippen LogP contribution is -2.36. The Hall–Kier alpha value is -1.52. The van der Waals surface area contributed by atoms with Gasteiger partial charge in [-0.05, 0) is 6.92 Å². The van der Waals surface area contributed by atoms with Crippen LogP contribution >= 0.6 is 0 Å². The molecule has 1 atom stereocenters. The zero-order valence-corrected chi connectivity index (χ0v) is 8.20. The minimum atomic E-state index is -0.520. The van der Waals surface area contributed by atoms with Crippen LogP contribution in [0.2, 0.25) is 0 Å². The van der Waals surface area contributed by atoms with Gasteiger partial charge in [-0.15, -0.1) is 0 Å². The van der Waals surface area contributed by atoms with Gasteiger partial charge in [0.2, 0.25) is 0 Å². The number of hydrogen-bond acceptors (Lipinski definition) is 4. The molecule has 0 bridgehead atoms. The minimum absolute atomic E-state index is 0.281. The summed E-state index contributed by atoms with van der Waals surface area (Å²) >= 11 is 0. The lowest BCUT2D eigenvalue weighted by Gasteiger charge is -2.21. The molecule has 1 aliphatic rings. The predicted molar refractivity (Wildman–Crippen MR) is 48.7 cm³/mol. The number of alkyl carbamates (subject to hydrolysis) is 1. The second kappa shape index (κ2) is 4.64. The highest BCUT2D eigenvalue weighted by Crippen LogP contribution is 2.13. The molecule has 5 nitrogen and oxygen atoms in total. The number of carbonyl (C=O) groups is 2. The van der Waals surface area contributed by atoms with Gasteiger partial charge in [-0.2, -0.15) is 0 Å². The maximum atomic E-state index is 11.0. The summed E-state index contributed by atoms with van der Waals surface area (Å²) in [5.74, 6) is -0.356. The minimum Gasteiger partial charge on any atom is -0.457 e. The SMILES string of the molecule is COC(=O)NC[C@H]1CC(C)=CC(=O)O1. The number of amides is 1. The maximum Gasteiger partial charge on any atom is 0.406 e. The summed E-state index contributed by atoms with van der Waals surface area (Å²) < 4.78 is 9.36. The average Bonchev–Trinajstić information content (AvgIpc) is 2.12. The van der Waals surface area contributed by atoms with Gasteiger partial charge in [0.15, 0.2) is 0 Å². The van der Waals surface area contributed by atoms with E-state index in [1.807, 2.05) is 6.92 Å². The normalized spacial score (nSPS) is 20.9. The summed E-state index contributed by atoms with van der Waals surface area (Å²) in [6.45, 7) is 2.13. The molecule has 1 aliphatic heterocycles. The molecule has 1 rings (SSSR count). The van der Waals surface area contributed by atoms with Crippen LogP contribution in [0, 0.1) is 0 Å². The molecule has 1 heterocycles. The van der Waals surface area contributed by atoms with Gasteiger partial charge in [0.1, 0.15) is 6.10 Å². The van der Waals surface area contributed by atoms with E-state index in [1.54, 1.807) is 0 Å². The van der Waals surface area contributed by atoms with Crippen molar-refractivity contribution in [3.63, 3.8) is 0 Å². The monoisotopic (exact) mass is 199 g/mol. The zero-order chi connectivity index (χ0) is 10.6. The summed E-state index contributed by atoms with van der Waals surface area (Å²) in [6.07, 6.45) is 1.30. The fourth-order valence-electron chi connectivity index (χ4n) is 1.24. The van der Waals surface area contributed by atoms with Crippen molar-refractivity contribution in [1.29, 1.82) is 0 Å². The smallest absolute Gasteiger partial charge is 0.406 e. The van der Waals surface area contributed by atoms with E-state index in [0.29, 0.717) is 6.42 Å². The Bertz CT molecular complexity index is 272. The average molecular weight is 199 g/mol. The van der Waals surface area contributed by atoms with Crippen LogP contribution in [0.3, 0.4) is 0 Å². The van der Waals surface area contributed by atoms with Crippen LogP contribution in [0.15, 0.2) is 11.6 Å². The van der Waals surface area contributed by atoms with Crippen molar-refractivity contribution in [2.24, 2.45) is 0 Å². The highest BCUT2D eigenvalue weighted by atomic mass is 16.6. The van der Waals surface area contributed by atoms with Crippen LogP contribution in [-0.2, 0) is 14.3 Å². The first-order chi connectivity index (χ1) is 6.61. The first-order valence-electron chi connectivity index (χ1n) is 4.31. The van der Waals surface area contributed by atoms with Crippen molar-refractivity contribution >= 4 is 12.1 Å². The third kappa shape index (κ3) is 3.08. The molecule has 0 unspecified atom stereocenters. The van der Waals surface area contributed by atoms with E-state index in [2.05, 4.69) is 10.1 Å². The largest absolute Gasteiger partial charge is 0.457 e. The van der Waals surface area contributed by atoms with Crippen LogP contribution in [0.4, 0.5) is 4.79 Å². The number of cyclic esters (lactones) is 1. The molecule has 0 fully saturated rings. The summed E-state index contributed by atoms with van der Waals surface area (Å²) in [5.41, 5.74) is 0.956. The molecule has 1 N–H and O–H groups in total. The molecule has 5 heteroatoms. The van der Waals surface area contributed by atoms with Gasteiger partial charge in [0, 0.05) is 12.5 Å². The summed E-state index contributed by atoms with van der Waals surface area (Å²) in [5, 5.41) is 2.48. The van der Waals surface area contributed by atoms with Gasteiger partial charge in [-0.1, -0.05) is 5.57 Å². The van der Waals surface area contributed by atoms with E-state index in [4.69, 9.17) is 4.74 Å². The first-order valence-corrected chi connectivity index (χ1v) is 4.31. The number of esters is 1. The van der Waals surface area contributed by atoms with E-state index in [9.17, 15) is 9.59 Å². The fraction of sp³-hybridized carbons (Fsp3) is 0.556. The number of rotatable bonds is 2. The lowest BCUT2D eigenvalue weighted by atomic mass is 10.1. The number of ether oxygens (including phenoxy) is 2. The number of methoxy groups -OCH3 is 1. The highest BCUT2D eigenvalue weighted by molar-refractivity contribution is 5.83. The number of nitrogens with one attached hydrogen (secondary N) is 1. The number of carbonyl (C=O) groups excluding carboxylic acids is 2. The second-order valence-electron chi connectivity index (χ2n) is 3.13. The molecule has 78 valence electrons. The molecule has 0 aromatic heterocycles. The van der Waals surface area contributed by atoms with E-state index in [0.717, 1.165) is 5.57 Å². The van der Waals surface area contributed by atoms with Crippen LogP contribution < -0.4 is 5.32 Å². The Balaban J connectivity index is 2.37. The lowest BCUT2D eigenvalue weighted by molar-refractivity contribution is -0.144. The van der Waals surface area contributed by atoms with E-state index in [-0.39, 0.29) is 18.6 Å². The van der Waals surface area contributed by atoms with Crippen LogP contribution in [-0.4, -0.2) is 31.8 Å². The Morgan fingerprint density at radius 3 is 3.07 bits per heavy atom. The maximum absolute atomic E-state index is 11.0. The van der Waals surface area contributed by atoms with Gasteiger partial charge in [0.05, 0.1) is 13.7 Å².